The van der Waals surface area contributed by atoms with E-state index in [1.165, 1.54) is 18.4 Å². The predicted molar refractivity (Wildman–Crippen MR) is 58.2 cm³/mol. The van der Waals surface area contributed by atoms with Gasteiger partial charge < -0.3 is 10.5 Å². The van der Waals surface area contributed by atoms with Gasteiger partial charge in [0, 0.05) is 9.35 Å². The fourth-order valence-corrected chi connectivity index (χ4v) is 2.37. The molecule has 1 atom stereocenters. The SMILES string of the molecule is COC(=O)[C@H](N)c1sccc1Br.Cl. The number of ether oxygens (including phenoxy) is 1. The van der Waals surface area contributed by atoms with E-state index < -0.39 is 12.0 Å². The van der Waals surface area contributed by atoms with Gasteiger partial charge in [-0.2, -0.15) is 0 Å². The second-order valence-electron chi connectivity index (χ2n) is 2.13. The molecule has 0 fully saturated rings. The summed E-state index contributed by atoms with van der Waals surface area (Å²) >= 11 is 4.72. The van der Waals surface area contributed by atoms with E-state index >= 15 is 0 Å². The number of carbonyl (C=O) groups is 1. The molecular formula is C7H9BrClNO2S. The van der Waals surface area contributed by atoms with Gasteiger partial charge in [0.2, 0.25) is 0 Å². The van der Waals surface area contributed by atoms with Crippen molar-refractivity contribution in [1.82, 2.24) is 0 Å². The molecule has 1 aromatic rings. The van der Waals surface area contributed by atoms with Crippen LogP contribution in [0.3, 0.4) is 0 Å². The number of rotatable bonds is 2. The normalized spacial score (nSPS) is 11.6. The fourth-order valence-electron chi connectivity index (χ4n) is 0.761. The number of thiophene rings is 1. The molecule has 0 aliphatic rings. The molecule has 0 saturated carbocycles. The first-order valence-corrected chi connectivity index (χ1v) is 4.90. The molecule has 13 heavy (non-hydrogen) atoms. The minimum absolute atomic E-state index is 0. The molecule has 1 rings (SSSR count). The molecule has 6 heteroatoms. The largest absolute Gasteiger partial charge is 0.468 e. The van der Waals surface area contributed by atoms with Crippen molar-refractivity contribution in [2.75, 3.05) is 7.11 Å². The Morgan fingerprint density at radius 3 is 2.77 bits per heavy atom. The number of esters is 1. The smallest absolute Gasteiger partial charge is 0.328 e. The van der Waals surface area contributed by atoms with Crippen molar-refractivity contribution in [2.45, 2.75) is 6.04 Å². The van der Waals surface area contributed by atoms with Crippen molar-refractivity contribution < 1.29 is 9.53 Å². The molecule has 0 unspecified atom stereocenters. The molecule has 0 radical (unpaired) electrons. The number of halogens is 2. The zero-order valence-corrected chi connectivity index (χ0v) is 10.0. The van der Waals surface area contributed by atoms with Crippen LogP contribution in [0.15, 0.2) is 15.9 Å². The molecule has 0 spiro atoms. The number of hydrogen-bond acceptors (Lipinski definition) is 4. The average Bonchev–Trinajstić information content (AvgIpc) is 2.48. The van der Waals surface area contributed by atoms with Gasteiger partial charge in [0.05, 0.1) is 7.11 Å². The summed E-state index contributed by atoms with van der Waals surface area (Å²) in [5.41, 5.74) is 5.60. The second kappa shape index (κ2) is 5.59. The van der Waals surface area contributed by atoms with Crippen LogP contribution in [0.1, 0.15) is 10.9 Å². The number of carbonyl (C=O) groups excluding carboxylic acids is 1. The average molecular weight is 287 g/mol. The summed E-state index contributed by atoms with van der Waals surface area (Å²) in [7, 11) is 1.32. The van der Waals surface area contributed by atoms with Crippen LogP contribution in [-0.4, -0.2) is 13.1 Å². The first-order valence-electron chi connectivity index (χ1n) is 3.23. The molecular weight excluding hydrogens is 278 g/mol. The molecule has 0 amide bonds. The zero-order chi connectivity index (χ0) is 9.14. The van der Waals surface area contributed by atoms with Crippen molar-refractivity contribution in [3.63, 3.8) is 0 Å². The summed E-state index contributed by atoms with van der Waals surface area (Å²) < 4.78 is 5.36. The minimum Gasteiger partial charge on any atom is -0.468 e. The Balaban J connectivity index is 0.00000144. The van der Waals surface area contributed by atoms with Crippen LogP contribution in [0.2, 0.25) is 0 Å². The Morgan fingerprint density at radius 2 is 2.38 bits per heavy atom. The van der Waals surface area contributed by atoms with Crippen LogP contribution >= 0.6 is 39.7 Å². The molecule has 0 aliphatic carbocycles. The van der Waals surface area contributed by atoms with Crippen LogP contribution in [0.4, 0.5) is 0 Å². The molecule has 0 aliphatic heterocycles. The van der Waals surface area contributed by atoms with Crippen molar-refractivity contribution in [2.24, 2.45) is 5.73 Å². The van der Waals surface area contributed by atoms with E-state index in [-0.39, 0.29) is 12.4 Å². The molecule has 1 heterocycles. The van der Waals surface area contributed by atoms with Gasteiger partial charge >= 0.3 is 5.97 Å². The van der Waals surface area contributed by atoms with E-state index in [4.69, 9.17) is 5.73 Å². The number of hydrogen-bond donors (Lipinski definition) is 1. The molecule has 74 valence electrons. The highest BCUT2D eigenvalue weighted by Crippen LogP contribution is 2.28. The lowest BCUT2D eigenvalue weighted by atomic mass is 10.2. The quantitative estimate of drug-likeness (QED) is 0.847. The van der Waals surface area contributed by atoms with Gasteiger partial charge in [0.15, 0.2) is 0 Å². The number of methoxy groups -OCH3 is 1. The molecule has 0 saturated heterocycles. The predicted octanol–water partition coefficient (Wildman–Crippen LogP) is 2.11. The van der Waals surface area contributed by atoms with Gasteiger partial charge in [-0.3, -0.25) is 0 Å². The zero-order valence-electron chi connectivity index (χ0n) is 6.82. The molecule has 0 aromatic carbocycles. The van der Waals surface area contributed by atoms with Gasteiger partial charge in [-0.25, -0.2) is 4.79 Å². The Hall–Kier alpha value is -0.100. The Labute approximate surface area is 94.8 Å². The van der Waals surface area contributed by atoms with E-state index in [0.717, 1.165) is 9.35 Å². The number of nitrogens with two attached hydrogens (primary N) is 1. The van der Waals surface area contributed by atoms with E-state index in [2.05, 4.69) is 20.7 Å². The van der Waals surface area contributed by atoms with Gasteiger partial charge in [-0.05, 0) is 27.4 Å². The summed E-state index contributed by atoms with van der Waals surface area (Å²) in [4.78, 5) is 11.8. The Bertz CT molecular complexity index is 292. The maximum Gasteiger partial charge on any atom is 0.328 e. The first kappa shape index (κ1) is 12.9. The topological polar surface area (TPSA) is 52.3 Å². The lowest BCUT2D eigenvalue weighted by Gasteiger charge is -2.06. The Morgan fingerprint density at radius 1 is 1.77 bits per heavy atom. The maximum absolute atomic E-state index is 11.0. The highest BCUT2D eigenvalue weighted by molar-refractivity contribution is 9.10. The summed E-state index contributed by atoms with van der Waals surface area (Å²) in [5.74, 6) is -0.418. The maximum atomic E-state index is 11.0. The van der Waals surface area contributed by atoms with E-state index in [9.17, 15) is 4.79 Å². The van der Waals surface area contributed by atoms with Crippen molar-refractivity contribution >= 4 is 45.6 Å². The third-order valence-electron chi connectivity index (χ3n) is 1.38. The second-order valence-corrected chi connectivity index (χ2v) is 3.94. The van der Waals surface area contributed by atoms with E-state index in [0.29, 0.717) is 0 Å². The van der Waals surface area contributed by atoms with E-state index in [1.807, 2.05) is 11.4 Å². The highest BCUT2D eigenvalue weighted by Gasteiger charge is 2.19. The molecule has 3 nitrogen and oxygen atoms in total. The van der Waals surface area contributed by atoms with Gasteiger partial charge in [0.1, 0.15) is 6.04 Å². The van der Waals surface area contributed by atoms with Crippen LogP contribution in [0.25, 0.3) is 0 Å². The Kier molecular flexibility index (Phi) is 5.55. The molecule has 2 N–H and O–H groups in total. The standard InChI is InChI=1S/C7H8BrNO2S.ClH/c1-11-7(10)5(9)6-4(8)2-3-12-6;/h2-3,5H,9H2,1H3;1H/t5-;/m1./s1. The summed E-state index contributed by atoms with van der Waals surface area (Å²) in [6.45, 7) is 0. The van der Waals surface area contributed by atoms with Crippen LogP contribution in [0, 0.1) is 0 Å². The highest BCUT2D eigenvalue weighted by atomic mass is 79.9. The van der Waals surface area contributed by atoms with Crippen LogP contribution in [-0.2, 0) is 9.53 Å². The van der Waals surface area contributed by atoms with Crippen molar-refractivity contribution in [3.8, 4) is 0 Å². The lowest BCUT2D eigenvalue weighted by molar-refractivity contribution is -0.142. The monoisotopic (exact) mass is 285 g/mol. The molecule has 1 aromatic heterocycles. The van der Waals surface area contributed by atoms with E-state index in [1.54, 1.807) is 0 Å². The van der Waals surface area contributed by atoms with Gasteiger partial charge in [-0.15, -0.1) is 23.7 Å². The summed E-state index contributed by atoms with van der Waals surface area (Å²) in [6.07, 6.45) is 0. The molecule has 0 bridgehead atoms. The van der Waals surface area contributed by atoms with Crippen LogP contribution in [0.5, 0.6) is 0 Å². The summed E-state index contributed by atoms with van der Waals surface area (Å²) in [5, 5.41) is 1.86. The van der Waals surface area contributed by atoms with Gasteiger partial charge in [0.25, 0.3) is 0 Å². The van der Waals surface area contributed by atoms with Crippen molar-refractivity contribution in [1.29, 1.82) is 0 Å². The van der Waals surface area contributed by atoms with Crippen LogP contribution < -0.4 is 5.73 Å². The van der Waals surface area contributed by atoms with Gasteiger partial charge in [-0.1, -0.05) is 0 Å². The minimum atomic E-state index is -0.677. The summed E-state index contributed by atoms with van der Waals surface area (Å²) in [6, 6.07) is 1.17. The first-order chi connectivity index (χ1) is 5.66. The lowest BCUT2D eigenvalue weighted by Crippen LogP contribution is -2.21. The fraction of sp³-hybridized carbons (Fsp3) is 0.286. The third-order valence-corrected chi connectivity index (χ3v) is 3.34. The van der Waals surface area contributed by atoms with Crippen molar-refractivity contribution in [3.05, 3.63) is 20.8 Å². The third kappa shape index (κ3) is 2.95.